The highest BCUT2D eigenvalue weighted by molar-refractivity contribution is 7.79. The lowest BCUT2D eigenvalue weighted by Crippen LogP contribution is -2.17. The van der Waals surface area contributed by atoms with E-state index in [1.807, 2.05) is 0 Å². The van der Waals surface area contributed by atoms with Crippen molar-refractivity contribution >= 4 is 29.4 Å². The van der Waals surface area contributed by atoms with Crippen LogP contribution in [-0.4, -0.2) is 5.62 Å². The van der Waals surface area contributed by atoms with Gasteiger partial charge in [0.1, 0.15) is 11.6 Å². The maximum atomic E-state index is 12.9. The maximum absolute atomic E-state index is 12.9. The Kier molecular flexibility index (Phi) is 3.84. The van der Waals surface area contributed by atoms with Gasteiger partial charge in [0, 0.05) is 10.6 Å². The molecule has 0 spiro atoms. The highest BCUT2D eigenvalue weighted by atomic mass is 35.5. The number of rotatable bonds is 3. The molecule has 0 radical (unpaired) electrons. The molecule has 0 bridgehead atoms. The van der Waals surface area contributed by atoms with Crippen LogP contribution >= 0.6 is 18.7 Å². The van der Waals surface area contributed by atoms with Crippen molar-refractivity contribution in [1.29, 1.82) is 0 Å². The molecule has 0 fully saturated rings. The Bertz CT molecular complexity index is 531. The molecule has 0 amide bonds. The molecule has 0 N–H and O–H groups in total. The van der Waals surface area contributed by atoms with Crippen molar-refractivity contribution < 1.29 is 13.3 Å². The van der Waals surface area contributed by atoms with Crippen molar-refractivity contribution in [3.05, 3.63) is 60.2 Å². The first-order valence-corrected chi connectivity index (χ1v) is 7.66. The molecule has 0 unspecified atom stereocenters. The van der Waals surface area contributed by atoms with Gasteiger partial charge in [-0.25, -0.2) is 8.78 Å². The maximum Gasteiger partial charge on any atom is 0.157 e. The third-order valence-electron chi connectivity index (χ3n) is 2.66. The summed E-state index contributed by atoms with van der Waals surface area (Å²) in [6, 6.07) is 10.7. The van der Waals surface area contributed by atoms with Crippen LogP contribution in [0.1, 0.15) is 0 Å². The van der Waals surface area contributed by atoms with Crippen molar-refractivity contribution in [2.24, 2.45) is 0 Å². The molecule has 0 saturated heterocycles. The van der Waals surface area contributed by atoms with E-state index in [1.54, 1.807) is 0 Å². The number of alkyl halides is 1. The van der Waals surface area contributed by atoms with Crippen molar-refractivity contribution in [1.82, 2.24) is 0 Å². The summed E-state index contributed by atoms with van der Waals surface area (Å²) in [5, 5.41) is 0.927. The molecule has 94 valence electrons. The van der Waals surface area contributed by atoms with Gasteiger partial charge in [0.05, 0.1) is 5.62 Å². The molecular formula is C13H10ClF2OP. The van der Waals surface area contributed by atoms with Gasteiger partial charge >= 0.3 is 0 Å². The van der Waals surface area contributed by atoms with Crippen LogP contribution in [0.3, 0.4) is 0 Å². The smallest absolute Gasteiger partial charge is 0.157 e. The third kappa shape index (κ3) is 2.47. The van der Waals surface area contributed by atoms with E-state index in [0.29, 0.717) is 10.6 Å². The first-order chi connectivity index (χ1) is 8.56. The number of hydrogen-bond acceptors (Lipinski definition) is 1. The summed E-state index contributed by atoms with van der Waals surface area (Å²) in [6.45, 7) is 0. The fraction of sp³-hybridized carbons (Fsp3) is 0.0769. The summed E-state index contributed by atoms with van der Waals surface area (Å²) in [7, 11) is -3.01. The molecule has 0 aliphatic carbocycles. The van der Waals surface area contributed by atoms with Gasteiger partial charge in [0.25, 0.3) is 0 Å². The molecule has 5 heteroatoms. The minimum Gasteiger partial charge on any atom is -0.312 e. The van der Waals surface area contributed by atoms with Crippen molar-refractivity contribution in [3.63, 3.8) is 0 Å². The van der Waals surface area contributed by atoms with E-state index in [0.717, 1.165) is 0 Å². The fourth-order valence-electron chi connectivity index (χ4n) is 1.65. The summed E-state index contributed by atoms with van der Waals surface area (Å²) >= 11 is 5.81. The number of hydrogen-bond donors (Lipinski definition) is 0. The van der Waals surface area contributed by atoms with Crippen LogP contribution in [0.5, 0.6) is 0 Å². The Morgan fingerprint density at radius 3 is 1.44 bits per heavy atom. The van der Waals surface area contributed by atoms with Gasteiger partial charge in [0.15, 0.2) is 7.14 Å². The molecule has 2 rings (SSSR count). The lowest BCUT2D eigenvalue weighted by atomic mass is 10.3. The van der Waals surface area contributed by atoms with Crippen LogP contribution in [0.4, 0.5) is 8.78 Å². The second kappa shape index (κ2) is 5.21. The summed E-state index contributed by atoms with van der Waals surface area (Å²) in [5.41, 5.74) is -0.107. The van der Waals surface area contributed by atoms with Crippen molar-refractivity contribution in [3.8, 4) is 0 Å². The summed E-state index contributed by atoms with van der Waals surface area (Å²) in [5.74, 6) is -0.807. The molecule has 0 atom stereocenters. The molecule has 0 aliphatic rings. The molecule has 0 saturated carbocycles. The van der Waals surface area contributed by atoms with E-state index >= 15 is 0 Å². The molecule has 0 aliphatic heterocycles. The van der Waals surface area contributed by atoms with Crippen LogP contribution in [0.25, 0.3) is 0 Å². The minimum atomic E-state index is -3.01. The van der Waals surface area contributed by atoms with E-state index < -0.39 is 18.8 Å². The fourth-order valence-corrected chi connectivity index (χ4v) is 4.31. The van der Waals surface area contributed by atoms with E-state index in [4.69, 9.17) is 11.6 Å². The molecule has 1 nitrogen and oxygen atoms in total. The largest absolute Gasteiger partial charge is 0.312 e. The minimum absolute atomic E-state index is 0.107. The average Bonchev–Trinajstić information content (AvgIpc) is 2.39. The number of halogens is 3. The monoisotopic (exact) mass is 286 g/mol. The Labute approximate surface area is 109 Å². The van der Waals surface area contributed by atoms with E-state index in [2.05, 4.69) is 0 Å². The van der Waals surface area contributed by atoms with Gasteiger partial charge in [-0.2, -0.15) is 0 Å². The molecular weight excluding hydrogens is 277 g/mol. The average molecular weight is 287 g/mol. The first kappa shape index (κ1) is 13.3. The summed E-state index contributed by atoms with van der Waals surface area (Å²) in [4.78, 5) is 0. The van der Waals surface area contributed by atoms with Crippen molar-refractivity contribution in [2.75, 3.05) is 5.62 Å². The van der Waals surface area contributed by atoms with Gasteiger partial charge < -0.3 is 4.57 Å². The predicted octanol–water partition coefficient (Wildman–Crippen LogP) is 3.48. The zero-order valence-electron chi connectivity index (χ0n) is 9.32. The quantitative estimate of drug-likeness (QED) is 0.624. The molecule has 2 aromatic carbocycles. The Morgan fingerprint density at radius 2 is 1.17 bits per heavy atom. The van der Waals surface area contributed by atoms with Gasteiger partial charge in [-0.05, 0) is 48.5 Å². The zero-order valence-corrected chi connectivity index (χ0v) is 11.0. The normalized spacial score (nSPS) is 11.5. The second-order valence-corrected chi connectivity index (χ2v) is 7.28. The molecule has 0 heterocycles. The Morgan fingerprint density at radius 1 is 0.833 bits per heavy atom. The lowest BCUT2D eigenvalue weighted by Gasteiger charge is -2.16. The SMILES string of the molecule is O=P(CCl)(c1ccc(F)cc1)c1ccc(F)cc1. The van der Waals surface area contributed by atoms with Gasteiger partial charge in [0.2, 0.25) is 0 Å². The van der Waals surface area contributed by atoms with Crippen molar-refractivity contribution in [2.45, 2.75) is 0 Å². The first-order valence-electron chi connectivity index (χ1n) is 5.23. The summed E-state index contributed by atoms with van der Waals surface area (Å²) < 4.78 is 38.6. The van der Waals surface area contributed by atoms with E-state index in [-0.39, 0.29) is 5.62 Å². The third-order valence-corrected chi connectivity index (χ3v) is 6.27. The predicted molar refractivity (Wildman–Crippen MR) is 70.4 cm³/mol. The molecule has 0 aromatic heterocycles. The van der Waals surface area contributed by atoms with Crippen LogP contribution in [0.15, 0.2) is 48.5 Å². The lowest BCUT2D eigenvalue weighted by molar-refractivity contribution is 0.589. The van der Waals surface area contributed by atoms with Gasteiger partial charge in [-0.1, -0.05) is 0 Å². The van der Waals surface area contributed by atoms with Crippen LogP contribution < -0.4 is 10.6 Å². The number of benzene rings is 2. The molecule has 18 heavy (non-hydrogen) atoms. The Balaban J connectivity index is 2.51. The Hall–Kier alpha value is -1.18. The second-order valence-electron chi connectivity index (χ2n) is 3.81. The van der Waals surface area contributed by atoms with Crippen LogP contribution in [0, 0.1) is 11.6 Å². The van der Waals surface area contributed by atoms with Crippen LogP contribution in [-0.2, 0) is 4.57 Å². The zero-order chi connectivity index (χ0) is 13.2. The van der Waals surface area contributed by atoms with Gasteiger partial charge in [-0.3, -0.25) is 0 Å². The molecule has 2 aromatic rings. The van der Waals surface area contributed by atoms with E-state index in [1.165, 1.54) is 48.5 Å². The van der Waals surface area contributed by atoms with Gasteiger partial charge in [-0.15, -0.1) is 11.6 Å². The standard InChI is InChI=1S/C13H10ClF2OP/c14-9-18(17,12-5-1-10(15)2-6-12)13-7-3-11(16)4-8-13/h1-8H,9H2. The summed E-state index contributed by atoms with van der Waals surface area (Å²) in [6.07, 6.45) is 0. The topological polar surface area (TPSA) is 17.1 Å². The highest BCUT2D eigenvalue weighted by Gasteiger charge is 2.26. The van der Waals surface area contributed by atoms with Crippen LogP contribution in [0.2, 0.25) is 0 Å². The highest BCUT2D eigenvalue weighted by Crippen LogP contribution is 2.44. The van der Waals surface area contributed by atoms with E-state index in [9.17, 15) is 13.3 Å².